The summed E-state index contributed by atoms with van der Waals surface area (Å²) in [6.07, 6.45) is -11.4. The van der Waals surface area contributed by atoms with Crippen molar-refractivity contribution in [1.29, 1.82) is 0 Å². The molecule has 9 aromatic carbocycles. The maximum Gasteiger partial charge on any atom is 0.503 e. The summed E-state index contributed by atoms with van der Waals surface area (Å²) in [4.78, 5) is 91.9. The van der Waals surface area contributed by atoms with Gasteiger partial charge in [-0.05, 0) is 119 Å². The number of carbonyl (C=O) groups excluding carboxylic acids is 6. The second kappa shape index (κ2) is 29.5. The number of alkyl halides is 6. The van der Waals surface area contributed by atoms with Crippen LogP contribution in [-0.2, 0) is 45.6 Å². The Morgan fingerprint density at radius 2 is 0.587 bits per heavy atom. The van der Waals surface area contributed by atoms with Crippen molar-refractivity contribution in [2.45, 2.75) is 116 Å². The Morgan fingerprint density at radius 3 is 0.788 bits per heavy atom. The van der Waals surface area contributed by atoms with Crippen LogP contribution < -0.4 is 18.9 Å². The zero-order chi connectivity index (χ0) is 75.4. The number of rotatable bonds is 28. The Labute approximate surface area is 596 Å². The van der Waals surface area contributed by atoms with Crippen LogP contribution >= 0.6 is 0 Å². The van der Waals surface area contributed by atoms with Crippen molar-refractivity contribution in [2.24, 2.45) is 0 Å². The molecule has 4 amide bonds. The highest BCUT2D eigenvalue weighted by atomic mass is 28.4. The van der Waals surface area contributed by atoms with Gasteiger partial charge in [0, 0.05) is 85.7 Å². The van der Waals surface area contributed by atoms with E-state index in [-0.39, 0.29) is 135 Å². The molecule has 0 aromatic heterocycles. The molecular weight excluding hydrogens is 1400 g/mol. The molecule has 0 N–H and O–H groups in total. The average molecular weight is 1480 g/mol. The molecule has 20 nitrogen and oxygen atoms in total. The highest BCUT2D eigenvalue weighted by Crippen LogP contribution is 2.59. The van der Waals surface area contributed by atoms with Crippen molar-refractivity contribution in [3.8, 4) is 46.0 Å². The van der Waals surface area contributed by atoms with Crippen LogP contribution in [0.15, 0.2) is 121 Å². The monoisotopic (exact) mass is 1470 g/mol. The molecule has 0 aliphatic carbocycles. The molecule has 9 aromatic rings. The van der Waals surface area contributed by atoms with E-state index in [1.807, 2.05) is 79.7 Å². The van der Waals surface area contributed by atoms with Crippen molar-refractivity contribution in [1.82, 2.24) is 9.80 Å². The van der Waals surface area contributed by atoms with Gasteiger partial charge in [-0.1, -0.05) is 104 Å². The molecule has 11 rings (SSSR count). The van der Waals surface area contributed by atoms with Crippen LogP contribution in [0.25, 0.3) is 43.1 Å². The first-order chi connectivity index (χ1) is 49.3. The summed E-state index contributed by atoms with van der Waals surface area (Å²) in [7, 11) is 0.155. The summed E-state index contributed by atoms with van der Waals surface area (Å²) >= 11 is 0. The molecule has 0 bridgehead atoms. The minimum Gasteiger partial charge on any atom is -0.464 e. The lowest BCUT2D eigenvalue weighted by Crippen LogP contribution is -2.57. The number of esters is 2. The van der Waals surface area contributed by atoms with Crippen LogP contribution in [0, 0.1) is 0 Å². The van der Waals surface area contributed by atoms with Gasteiger partial charge in [0.05, 0.1) is 47.6 Å². The topological polar surface area (TPSA) is 220 Å². The molecule has 2 aliphatic heterocycles. The minimum atomic E-state index is -5.72. The van der Waals surface area contributed by atoms with Gasteiger partial charge in [-0.2, -0.15) is 26.3 Å². The van der Waals surface area contributed by atoms with Gasteiger partial charge in [-0.3, -0.25) is 29.0 Å². The number of carbonyl (C=O) groups is 6. The molecule has 0 radical (unpaired) electrons. The van der Waals surface area contributed by atoms with E-state index in [4.69, 9.17) is 55.0 Å². The van der Waals surface area contributed by atoms with Gasteiger partial charge in [0.1, 0.15) is 46.0 Å². The zero-order valence-corrected chi connectivity index (χ0v) is 61.4. The zero-order valence-electron chi connectivity index (χ0n) is 59.4. The number of ether oxygens (including phenoxy) is 6. The number of halogens is 6. The van der Waals surface area contributed by atoms with Crippen molar-refractivity contribution >= 4 is 96.3 Å². The van der Waals surface area contributed by atoms with E-state index in [0.29, 0.717) is 0 Å². The highest BCUT2D eigenvalue weighted by Gasteiger charge is 2.58. The fraction of sp³-hybridized carbons (Fsp3) is 0.342. The lowest BCUT2D eigenvalue weighted by Gasteiger charge is -2.36. The summed E-state index contributed by atoms with van der Waals surface area (Å²) in [5.74, 6) is -12.4. The number of imide groups is 2. The summed E-state index contributed by atoms with van der Waals surface area (Å²) in [5.41, 5.74) is 0.366. The number of amides is 4. The molecule has 104 heavy (non-hydrogen) atoms. The summed E-state index contributed by atoms with van der Waals surface area (Å²) in [6, 6.07) is 23.2. The molecule has 0 fully saturated rings. The van der Waals surface area contributed by atoms with Gasteiger partial charge in [0.15, 0.2) is 0 Å². The number of hydrogen-bond acceptors (Lipinski definition) is 18. The molecule has 548 valence electrons. The van der Waals surface area contributed by atoms with Gasteiger partial charge in [0.25, 0.3) is 23.6 Å². The van der Waals surface area contributed by atoms with E-state index in [2.05, 4.69) is 0 Å². The third-order valence-corrected chi connectivity index (χ3v) is 24.1. The average Bonchev–Trinajstić information content (AvgIpc) is 0.676. The standard InChI is InChI=1S/C76H76F6N2O18Si2/c1-39(2)43-19-15-23-47(31-43)99-55-35-51-59-52(70(86)83(69(51)85)67(75(77,78)79)73(89)97-27-29-103(91-9,92-10)93-11)37-57(101-49-25-17-21-45(33-49)41(5)6)63-64-58(102-50-26-18-22-46(34-50)42(7)8)38-54-60-53(36-56(62(66(60)64)61(55)65(59)63)100-48-24-16-20-44(32-48)40(3)4)71(87)84(72(54)88)68(76(80,81)82)74(90)98-28-30-104(94-12,95-13)96-14/h15-26,31-42,67-68H,27-30H2,1-14H3. The highest BCUT2D eigenvalue weighted by molar-refractivity contribution is 6.61. The molecule has 2 unspecified atom stereocenters. The van der Waals surface area contributed by atoms with Crippen LogP contribution in [0.2, 0.25) is 12.1 Å². The van der Waals surface area contributed by atoms with Crippen LogP contribution in [0.3, 0.4) is 0 Å². The van der Waals surface area contributed by atoms with E-state index >= 15 is 45.5 Å². The predicted molar refractivity (Wildman–Crippen MR) is 376 cm³/mol. The molecule has 2 atom stereocenters. The number of benzene rings is 9. The Hall–Kier alpha value is -9.53. The first-order valence-corrected chi connectivity index (χ1v) is 37.2. The van der Waals surface area contributed by atoms with E-state index in [0.717, 1.165) is 46.5 Å². The van der Waals surface area contributed by atoms with Crippen molar-refractivity contribution in [2.75, 3.05) is 55.9 Å². The normalized spacial score (nSPS) is 14.3. The fourth-order valence-electron chi connectivity index (χ4n) is 13.2. The molecule has 0 spiro atoms. The lowest BCUT2D eigenvalue weighted by atomic mass is 9.80. The van der Waals surface area contributed by atoms with Gasteiger partial charge in [-0.25, -0.2) is 9.59 Å². The first-order valence-electron chi connectivity index (χ1n) is 33.3. The van der Waals surface area contributed by atoms with Crippen LogP contribution in [0.4, 0.5) is 26.3 Å². The van der Waals surface area contributed by atoms with Crippen LogP contribution in [0.1, 0.15) is 143 Å². The van der Waals surface area contributed by atoms with Gasteiger partial charge >= 0.3 is 41.9 Å². The fourth-order valence-corrected chi connectivity index (χ4v) is 16.1. The molecular formula is C76H76F6N2O18Si2. The second-order valence-corrected chi connectivity index (χ2v) is 32.5. The summed E-state index contributed by atoms with van der Waals surface area (Å²) < 4.78 is 168. The third kappa shape index (κ3) is 14.1. The maximum atomic E-state index is 16.2. The van der Waals surface area contributed by atoms with E-state index in [1.165, 1.54) is 42.7 Å². The number of fused-ring (bicyclic) bond motifs is 2. The number of nitrogens with zero attached hydrogens (tertiary/aromatic N) is 2. The Morgan fingerprint density at radius 1 is 0.356 bits per heavy atom. The Bertz CT molecular complexity index is 4310. The Balaban J connectivity index is 1.33. The quantitative estimate of drug-likeness (QED) is 0.0111. The lowest BCUT2D eigenvalue weighted by molar-refractivity contribution is -0.195. The molecule has 2 heterocycles. The molecule has 28 heteroatoms. The van der Waals surface area contributed by atoms with Crippen molar-refractivity contribution in [3.05, 3.63) is 166 Å². The van der Waals surface area contributed by atoms with E-state index < -0.39 is 113 Å². The first kappa shape index (κ1) is 75.6. The maximum absolute atomic E-state index is 16.2. The van der Waals surface area contributed by atoms with Crippen molar-refractivity contribution < 1.29 is 110 Å². The Kier molecular flexibility index (Phi) is 21.5. The van der Waals surface area contributed by atoms with Gasteiger partial charge in [-0.15, -0.1) is 0 Å². The van der Waals surface area contributed by atoms with Crippen LogP contribution in [-0.4, -0.2) is 143 Å². The van der Waals surface area contributed by atoms with E-state index in [1.54, 1.807) is 72.8 Å². The van der Waals surface area contributed by atoms with Crippen molar-refractivity contribution in [3.63, 3.8) is 0 Å². The largest absolute Gasteiger partial charge is 0.503 e. The van der Waals surface area contributed by atoms with E-state index in [9.17, 15) is 9.59 Å². The minimum absolute atomic E-state index is 0.0786. The van der Waals surface area contributed by atoms with Gasteiger partial charge in [0.2, 0.25) is 12.1 Å². The molecule has 0 saturated carbocycles. The SMILES string of the molecule is CO[Si](CCOC(=O)C(N1C(=O)c2cc(Oc3cccc(C(C)C)c3)c3c4c(Oc5cccc(C(C)C)c5)cc5c6c(cc(Oc7cccc(C(C)C)c7)c(c7c(Oc8cccc(C(C)C)c8)cc(c2c37)C1=O)c64)C(=O)N(C(C(=O)OCC[Si](OC)(OC)OC)C(F)(F)F)C5=O)C(F)(F)F)(OC)OC. The number of hydrogen-bond donors (Lipinski definition) is 0. The third-order valence-electron chi connectivity index (χ3n) is 18.7. The second-order valence-electron chi connectivity index (χ2n) is 26.3. The van der Waals surface area contributed by atoms with Crippen LogP contribution in [0.5, 0.6) is 46.0 Å². The molecule has 2 aliphatic rings. The summed E-state index contributed by atoms with van der Waals surface area (Å²) in [6.45, 7) is 13.7. The summed E-state index contributed by atoms with van der Waals surface area (Å²) in [5, 5.41) is -1.48. The van der Waals surface area contributed by atoms with Gasteiger partial charge < -0.3 is 55.0 Å². The molecule has 0 saturated heterocycles. The smallest absolute Gasteiger partial charge is 0.464 e. The predicted octanol–water partition coefficient (Wildman–Crippen LogP) is 17.3.